The topological polar surface area (TPSA) is 72.1 Å². The maximum atomic E-state index is 10.9. The summed E-state index contributed by atoms with van der Waals surface area (Å²) in [6.45, 7) is 7.56. The van der Waals surface area contributed by atoms with Crippen molar-refractivity contribution in [3.63, 3.8) is 0 Å². The molecule has 3 heterocycles. The molecule has 0 radical (unpaired) electrons. The normalized spacial score (nSPS) is 22.2. The first-order valence-corrected chi connectivity index (χ1v) is 9.86. The van der Waals surface area contributed by atoms with E-state index in [4.69, 9.17) is 9.47 Å². The van der Waals surface area contributed by atoms with E-state index in [1.54, 1.807) is 7.11 Å². The number of hydrogen-bond acceptors (Lipinski definition) is 7. The molecule has 2 aromatic heterocycles. The number of fused-ring (bicyclic) bond motifs is 1. The van der Waals surface area contributed by atoms with Crippen LogP contribution in [0.4, 0.5) is 0 Å². The third-order valence-corrected chi connectivity index (χ3v) is 5.87. The van der Waals surface area contributed by atoms with Crippen molar-refractivity contribution in [1.82, 2.24) is 19.5 Å². The number of aromatic hydroxyl groups is 1. The van der Waals surface area contributed by atoms with Crippen molar-refractivity contribution >= 4 is 16.3 Å². The number of ether oxygens (including phenoxy) is 2. The number of hydrogen-bond donors (Lipinski definition) is 1. The lowest BCUT2D eigenvalue weighted by atomic mass is 10.0. The minimum Gasteiger partial charge on any atom is -0.497 e. The molecule has 0 saturated carbocycles. The summed E-state index contributed by atoms with van der Waals surface area (Å²) in [5, 5.41) is 15.2. The van der Waals surface area contributed by atoms with Gasteiger partial charge in [0, 0.05) is 13.1 Å². The zero-order valence-corrected chi connectivity index (χ0v) is 16.7. The average Bonchev–Trinajstić information content (AvgIpc) is 3.13. The highest BCUT2D eigenvalue weighted by atomic mass is 32.1. The summed E-state index contributed by atoms with van der Waals surface area (Å²) in [6.07, 6.45) is 0.252. The summed E-state index contributed by atoms with van der Waals surface area (Å²) in [5.41, 5.74) is 1.09. The van der Waals surface area contributed by atoms with Gasteiger partial charge in [0.1, 0.15) is 11.6 Å². The van der Waals surface area contributed by atoms with Gasteiger partial charge in [-0.1, -0.05) is 23.5 Å². The van der Waals surface area contributed by atoms with Crippen LogP contribution in [0.3, 0.4) is 0 Å². The van der Waals surface area contributed by atoms with Crippen LogP contribution in [-0.4, -0.2) is 57.0 Å². The Morgan fingerprint density at radius 1 is 1.22 bits per heavy atom. The van der Waals surface area contributed by atoms with E-state index in [2.05, 4.69) is 41.0 Å². The van der Waals surface area contributed by atoms with Crippen molar-refractivity contribution in [2.45, 2.75) is 39.0 Å². The van der Waals surface area contributed by atoms with Gasteiger partial charge in [0.15, 0.2) is 0 Å². The van der Waals surface area contributed by atoms with Gasteiger partial charge >= 0.3 is 0 Å². The highest BCUT2D eigenvalue weighted by molar-refractivity contribution is 7.17. The van der Waals surface area contributed by atoms with Crippen molar-refractivity contribution in [3.05, 3.63) is 40.5 Å². The Hall–Kier alpha value is -2.16. The summed E-state index contributed by atoms with van der Waals surface area (Å²) in [6, 6.07) is 7.91. The Labute approximate surface area is 162 Å². The Morgan fingerprint density at radius 3 is 2.48 bits per heavy atom. The maximum absolute atomic E-state index is 10.9. The molecule has 3 atom stereocenters. The minimum absolute atomic E-state index is 0.0986. The van der Waals surface area contributed by atoms with Crippen LogP contribution < -0.4 is 4.74 Å². The molecule has 0 spiro atoms. The maximum Gasteiger partial charge on any atom is 0.230 e. The Bertz CT molecular complexity index is 926. The van der Waals surface area contributed by atoms with Gasteiger partial charge < -0.3 is 14.6 Å². The van der Waals surface area contributed by atoms with E-state index in [0.717, 1.165) is 29.3 Å². The van der Waals surface area contributed by atoms with Crippen molar-refractivity contribution in [2.75, 3.05) is 20.2 Å². The van der Waals surface area contributed by atoms with E-state index in [1.807, 2.05) is 19.1 Å². The Balaban J connectivity index is 1.80. The van der Waals surface area contributed by atoms with E-state index in [-0.39, 0.29) is 24.1 Å². The van der Waals surface area contributed by atoms with E-state index in [1.165, 1.54) is 15.9 Å². The third kappa shape index (κ3) is 3.40. The molecule has 1 aliphatic rings. The first kappa shape index (κ1) is 18.2. The quantitative estimate of drug-likeness (QED) is 0.741. The second-order valence-corrected chi connectivity index (χ2v) is 8.04. The molecule has 0 unspecified atom stereocenters. The molecule has 0 aliphatic carbocycles. The van der Waals surface area contributed by atoms with Gasteiger partial charge in [-0.2, -0.15) is 4.52 Å². The number of aromatic nitrogens is 3. The zero-order valence-electron chi connectivity index (χ0n) is 15.9. The van der Waals surface area contributed by atoms with E-state index in [0.29, 0.717) is 10.8 Å². The number of aryl methyl sites for hydroxylation is 1. The summed E-state index contributed by atoms with van der Waals surface area (Å²) < 4.78 is 12.7. The number of morpholine rings is 1. The average molecular weight is 388 g/mol. The summed E-state index contributed by atoms with van der Waals surface area (Å²) in [5.74, 6) is 1.62. The third-order valence-electron chi connectivity index (χ3n) is 4.80. The molecular weight excluding hydrogens is 364 g/mol. The van der Waals surface area contributed by atoms with Crippen LogP contribution in [0.25, 0.3) is 4.96 Å². The summed E-state index contributed by atoms with van der Waals surface area (Å²) in [4.78, 5) is 8.33. The van der Waals surface area contributed by atoms with Crippen LogP contribution >= 0.6 is 11.3 Å². The molecule has 144 valence electrons. The van der Waals surface area contributed by atoms with Crippen LogP contribution in [-0.2, 0) is 4.74 Å². The van der Waals surface area contributed by atoms with Gasteiger partial charge in [-0.3, -0.25) is 4.90 Å². The highest BCUT2D eigenvalue weighted by Gasteiger charge is 2.34. The molecule has 4 rings (SSSR count). The molecule has 1 aromatic carbocycles. The van der Waals surface area contributed by atoms with E-state index < -0.39 is 0 Å². The second-order valence-electron chi connectivity index (χ2n) is 7.03. The lowest BCUT2D eigenvalue weighted by Crippen LogP contribution is -2.47. The predicted octanol–water partition coefficient (Wildman–Crippen LogP) is 3.01. The van der Waals surface area contributed by atoms with Crippen LogP contribution in [0.5, 0.6) is 11.6 Å². The number of rotatable bonds is 4. The highest BCUT2D eigenvalue weighted by Crippen LogP contribution is 2.41. The lowest BCUT2D eigenvalue weighted by molar-refractivity contribution is -0.0764. The van der Waals surface area contributed by atoms with E-state index >= 15 is 0 Å². The smallest absolute Gasteiger partial charge is 0.230 e. The second kappa shape index (κ2) is 7.10. The van der Waals surface area contributed by atoms with Gasteiger partial charge in [0.2, 0.25) is 10.8 Å². The van der Waals surface area contributed by atoms with Crippen molar-refractivity contribution in [3.8, 4) is 11.6 Å². The molecule has 27 heavy (non-hydrogen) atoms. The number of nitrogens with zero attached hydrogens (tertiary/aromatic N) is 4. The van der Waals surface area contributed by atoms with Crippen molar-refractivity contribution in [1.29, 1.82) is 0 Å². The molecule has 1 saturated heterocycles. The molecular formula is C19H24N4O3S. The molecule has 0 amide bonds. The van der Waals surface area contributed by atoms with Crippen LogP contribution in [0.15, 0.2) is 24.3 Å². The molecule has 8 heteroatoms. The Kier molecular flexibility index (Phi) is 4.79. The molecule has 1 fully saturated rings. The minimum atomic E-state index is -0.0986. The van der Waals surface area contributed by atoms with Gasteiger partial charge in [0.25, 0.3) is 0 Å². The van der Waals surface area contributed by atoms with Crippen molar-refractivity contribution in [2.24, 2.45) is 0 Å². The lowest BCUT2D eigenvalue weighted by Gasteiger charge is -2.40. The van der Waals surface area contributed by atoms with E-state index in [9.17, 15) is 5.11 Å². The fourth-order valence-corrected chi connectivity index (χ4v) is 4.93. The zero-order chi connectivity index (χ0) is 19.1. The number of methoxy groups -OCH3 is 1. The Morgan fingerprint density at radius 2 is 1.89 bits per heavy atom. The largest absolute Gasteiger partial charge is 0.497 e. The molecule has 7 nitrogen and oxygen atoms in total. The first-order valence-electron chi connectivity index (χ1n) is 9.04. The van der Waals surface area contributed by atoms with Gasteiger partial charge in [0.05, 0.1) is 30.2 Å². The number of thiazole rings is 1. The SMILES string of the molecule is COc1ccc([C@H](c2sc3nc(C)nn3c2O)N2C[C@H](C)O[C@@H](C)C2)cc1. The van der Waals surface area contributed by atoms with Gasteiger partial charge in [-0.05, 0) is 38.5 Å². The standard InChI is InChI=1S/C19H24N4O3S/c1-11-9-22(10-12(2)26-11)16(14-5-7-15(25-4)8-6-14)17-18(24)23-19(27-17)20-13(3)21-23/h5-8,11-12,16,24H,9-10H2,1-4H3/t11-,12-,16+/m0/s1. The first-order chi connectivity index (χ1) is 13.0. The number of benzene rings is 1. The molecule has 3 aromatic rings. The summed E-state index contributed by atoms with van der Waals surface area (Å²) in [7, 11) is 1.66. The van der Waals surface area contributed by atoms with Crippen LogP contribution in [0, 0.1) is 6.92 Å². The van der Waals surface area contributed by atoms with Gasteiger partial charge in [-0.25, -0.2) is 4.98 Å². The monoisotopic (exact) mass is 388 g/mol. The summed E-state index contributed by atoms with van der Waals surface area (Å²) >= 11 is 1.48. The predicted molar refractivity (Wildman–Crippen MR) is 104 cm³/mol. The van der Waals surface area contributed by atoms with Crippen molar-refractivity contribution < 1.29 is 14.6 Å². The molecule has 1 N–H and O–H groups in total. The van der Waals surface area contributed by atoms with Gasteiger partial charge in [-0.15, -0.1) is 5.10 Å². The molecule has 0 bridgehead atoms. The van der Waals surface area contributed by atoms with Crippen LogP contribution in [0.2, 0.25) is 0 Å². The van der Waals surface area contributed by atoms with Crippen LogP contribution in [0.1, 0.15) is 36.2 Å². The fraction of sp³-hybridized carbons (Fsp3) is 0.474. The molecule has 1 aliphatic heterocycles. The fourth-order valence-electron chi connectivity index (χ4n) is 3.77.